The van der Waals surface area contributed by atoms with Gasteiger partial charge in [0.1, 0.15) is 0 Å². The Bertz CT molecular complexity index is 9040. The van der Waals surface area contributed by atoms with Gasteiger partial charge in [-0.05, 0) is 295 Å². The first-order chi connectivity index (χ1) is 69.4. The third-order valence-corrected chi connectivity index (χ3v) is 29.9. The zero-order chi connectivity index (χ0) is 92.4. The highest BCUT2D eigenvalue weighted by atomic mass is 15.2. The van der Waals surface area contributed by atoms with Gasteiger partial charge in [0.2, 0.25) is 0 Å². The van der Waals surface area contributed by atoms with Crippen molar-refractivity contribution >= 4 is 99.3 Å². The van der Waals surface area contributed by atoms with Crippen LogP contribution in [0.3, 0.4) is 0 Å². The molecule has 140 heavy (non-hydrogen) atoms. The molecule has 2 aliphatic carbocycles. The van der Waals surface area contributed by atoms with Crippen LogP contribution in [0, 0.1) is 0 Å². The molecule has 0 atom stereocenters. The van der Waals surface area contributed by atoms with E-state index in [0.29, 0.717) is 0 Å². The van der Waals surface area contributed by atoms with E-state index >= 15 is 0 Å². The Morgan fingerprint density at radius 1 is 0.150 bits per heavy atom. The summed E-state index contributed by atoms with van der Waals surface area (Å²) in [6.07, 6.45) is 0. The Morgan fingerprint density at radius 3 is 0.921 bits per heavy atom. The SMILES string of the molecule is c1ccc(-c2ccc(-n3c4ccccc4c4cc(-c5ccc(N(c6ccc(-c7ccc8ccc(-c9cccc(-c%10ccc(-n%11c%12ccccc%12c%12cc(-c%13ccc(N(c%14ccc%15c(c%14)C(c%14ccccc%14)(c%14ccccc%14)c%14ccccc%14-%15)c%14cccc%15ccccc%14%15)cc%13)ccc%12%11)cc%10)c9)cc8c7)cc6)c6ccc7c(c6)C(c6ccccc6)(c6ccccc6)c6ccccc6-7)cc5)ccc43)cc2)cc1. The zero-order valence-corrected chi connectivity index (χ0v) is 76.8. The minimum Gasteiger partial charge on any atom is -0.310 e. The molecule has 2 heterocycles. The van der Waals surface area contributed by atoms with Crippen LogP contribution in [0.25, 0.3) is 166 Å². The highest BCUT2D eigenvalue weighted by molar-refractivity contribution is 6.13. The normalized spacial score (nSPS) is 12.7. The smallest absolute Gasteiger partial charge is 0.0714 e. The second kappa shape index (κ2) is 33.4. The van der Waals surface area contributed by atoms with E-state index < -0.39 is 10.8 Å². The molecule has 0 saturated carbocycles. The number of benzene rings is 23. The van der Waals surface area contributed by atoms with Crippen molar-refractivity contribution in [3.63, 3.8) is 0 Å². The van der Waals surface area contributed by atoms with E-state index in [4.69, 9.17) is 0 Å². The molecule has 4 heteroatoms. The first kappa shape index (κ1) is 81.3. The van der Waals surface area contributed by atoms with E-state index in [0.717, 1.165) is 101 Å². The van der Waals surface area contributed by atoms with Gasteiger partial charge in [-0.15, -0.1) is 0 Å². The summed E-state index contributed by atoms with van der Waals surface area (Å²) < 4.78 is 4.83. The zero-order valence-electron chi connectivity index (χ0n) is 76.8. The van der Waals surface area contributed by atoms with Crippen molar-refractivity contribution in [3.8, 4) is 100 Å². The number of hydrogen-bond acceptors (Lipinski definition) is 2. The van der Waals surface area contributed by atoms with Gasteiger partial charge >= 0.3 is 0 Å². The number of aromatic nitrogens is 2. The molecule has 0 fully saturated rings. The lowest BCUT2D eigenvalue weighted by Crippen LogP contribution is -2.28. The van der Waals surface area contributed by atoms with Crippen molar-refractivity contribution < 1.29 is 0 Å². The van der Waals surface area contributed by atoms with Crippen molar-refractivity contribution in [1.82, 2.24) is 9.13 Å². The summed E-state index contributed by atoms with van der Waals surface area (Å²) >= 11 is 0. The first-order valence-corrected chi connectivity index (χ1v) is 48.5. The minimum atomic E-state index is -0.580. The molecule has 27 rings (SSSR count). The average Bonchev–Trinajstić information content (AvgIpc) is 1.37. The first-order valence-electron chi connectivity index (χ1n) is 48.5. The fourth-order valence-corrected chi connectivity index (χ4v) is 23.4. The summed E-state index contributed by atoms with van der Waals surface area (Å²) in [5.74, 6) is 0. The summed E-state index contributed by atoms with van der Waals surface area (Å²) in [6, 6.07) is 203. The lowest BCUT2D eigenvalue weighted by molar-refractivity contribution is 0.768. The van der Waals surface area contributed by atoms with Gasteiger partial charge in [0.15, 0.2) is 0 Å². The Kier molecular flexibility index (Phi) is 19.4. The van der Waals surface area contributed by atoms with Crippen LogP contribution >= 0.6 is 0 Å². The second-order valence-electron chi connectivity index (χ2n) is 37.3. The summed E-state index contributed by atoms with van der Waals surface area (Å²) in [5, 5.41) is 9.62. The van der Waals surface area contributed by atoms with Gasteiger partial charge in [0.25, 0.3) is 0 Å². The standard InChI is InChI=1S/C136H90N4/c1-6-28-91(29-7-1)92-56-74-113(75-57-92)139-131-49-24-20-45-122(131)124-87-103(66-82-133(124)139)95-60-70-111(71-61-95)137(115-78-80-120-118-43-18-22-47-126(118)135(128(120)89-115,106-34-8-2-9-35-106)107-36-10-3-11-37-107)110-68-58-94(59-69-110)101-54-52-97-53-55-102(86-105(97)85-101)100-33-26-32-99(84-100)93-64-76-114(77-65-93)140-132-50-25-21-46-123(132)125-88-104(67-83-134(125)140)96-62-72-112(73-63-96)138(130-51-27-31-98-30-16-17-42-117(98)130)116-79-81-121-119-44-19-23-48-127(119)136(129(121)90-116,108-38-12-4-13-39-108)109-40-14-5-15-41-109/h1-90H. The van der Waals surface area contributed by atoms with Gasteiger partial charge in [-0.2, -0.15) is 0 Å². The average molecular weight is 1780 g/mol. The molecule has 25 aromatic rings. The molecular formula is C136H90N4. The van der Waals surface area contributed by atoms with Crippen LogP contribution in [0.2, 0.25) is 0 Å². The van der Waals surface area contributed by atoms with Crippen molar-refractivity contribution in [3.05, 3.63) is 590 Å². The van der Waals surface area contributed by atoms with Crippen LogP contribution in [-0.4, -0.2) is 9.13 Å². The van der Waals surface area contributed by atoms with E-state index in [-0.39, 0.29) is 0 Å². The fraction of sp³-hybridized carbons (Fsp3) is 0.0147. The van der Waals surface area contributed by atoms with Crippen molar-refractivity contribution in [2.45, 2.75) is 10.8 Å². The second-order valence-corrected chi connectivity index (χ2v) is 37.3. The summed E-state index contributed by atoms with van der Waals surface area (Å²) in [4.78, 5) is 4.92. The van der Waals surface area contributed by atoms with E-state index in [2.05, 4.69) is 565 Å². The molecule has 654 valence electrons. The Balaban J connectivity index is 0.488. The third-order valence-electron chi connectivity index (χ3n) is 29.9. The Hall–Kier alpha value is -18.2. The molecule has 0 N–H and O–H groups in total. The molecule has 0 spiro atoms. The maximum absolute atomic E-state index is 2.47. The van der Waals surface area contributed by atoms with E-state index in [1.165, 1.54) is 143 Å². The Morgan fingerprint density at radius 2 is 0.450 bits per heavy atom. The maximum atomic E-state index is 2.47. The van der Waals surface area contributed by atoms with E-state index in [1.807, 2.05) is 0 Å². The highest BCUT2D eigenvalue weighted by Crippen LogP contribution is 2.60. The molecule has 0 saturated heterocycles. The van der Waals surface area contributed by atoms with E-state index in [9.17, 15) is 0 Å². The number of fused-ring (bicyclic) bond motifs is 14. The topological polar surface area (TPSA) is 16.3 Å². The predicted molar refractivity (Wildman–Crippen MR) is 587 cm³/mol. The number of anilines is 6. The molecule has 4 nitrogen and oxygen atoms in total. The van der Waals surface area contributed by atoms with E-state index in [1.54, 1.807) is 0 Å². The molecule has 2 aromatic heterocycles. The fourth-order valence-electron chi connectivity index (χ4n) is 23.4. The monoisotopic (exact) mass is 1780 g/mol. The Labute approximate surface area is 814 Å². The van der Waals surface area contributed by atoms with Gasteiger partial charge in [-0.3, -0.25) is 0 Å². The largest absolute Gasteiger partial charge is 0.310 e. The van der Waals surface area contributed by atoms with Crippen molar-refractivity contribution in [1.29, 1.82) is 0 Å². The van der Waals surface area contributed by atoms with Crippen LogP contribution in [0.5, 0.6) is 0 Å². The van der Waals surface area contributed by atoms with Gasteiger partial charge in [0, 0.05) is 66.7 Å². The number of hydrogen-bond donors (Lipinski definition) is 0. The van der Waals surface area contributed by atoms with Gasteiger partial charge in [0.05, 0.1) is 38.6 Å². The molecule has 0 aliphatic heterocycles. The van der Waals surface area contributed by atoms with Crippen LogP contribution < -0.4 is 9.80 Å². The van der Waals surface area contributed by atoms with Crippen LogP contribution in [0.15, 0.2) is 546 Å². The molecule has 23 aromatic carbocycles. The van der Waals surface area contributed by atoms with Crippen molar-refractivity contribution in [2.24, 2.45) is 0 Å². The number of rotatable bonds is 18. The molecular weight excluding hydrogens is 1690 g/mol. The molecule has 0 radical (unpaired) electrons. The van der Waals surface area contributed by atoms with Gasteiger partial charge in [-0.25, -0.2) is 0 Å². The van der Waals surface area contributed by atoms with Crippen molar-refractivity contribution in [2.75, 3.05) is 9.80 Å². The number of para-hydroxylation sites is 2. The molecule has 2 aliphatic rings. The maximum Gasteiger partial charge on any atom is 0.0714 e. The third kappa shape index (κ3) is 13.3. The highest BCUT2D eigenvalue weighted by Gasteiger charge is 2.48. The van der Waals surface area contributed by atoms with Crippen LogP contribution in [-0.2, 0) is 10.8 Å². The lowest BCUT2D eigenvalue weighted by atomic mass is 9.67. The van der Waals surface area contributed by atoms with Crippen LogP contribution in [0.1, 0.15) is 44.5 Å². The quantitative estimate of drug-likeness (QED) is 0.0851. The lowest BCUT2D eigenvalue weighted by Gasteiger charge is -2.35. The summed E-state index contributed by atoms with van der Waals surface area (Å²) in [5.41, 5.74) is 41.3. The minimum absolute atomic E-state index is 0.547. The van der Waals surface area contributed by atoms with Crippen LogP contribution in [0.4, 0.5) is 34.1 Å². The number of nitrogens with zero attached hydrogens (tertiary/aromatic N) is 4. The molecule has 0 unspecified atom stereocenters. The molecule has 0 amide bonds. The van der Waals surface area contributed by atoms with Gasteiger partial charge in [-0.1, -0.05) is 400 Å². The van der Waals surface area contributed by atoms with Gasteiger partial charge < -0.3 is 18.9 Å². The molecule has 0 bridgehead atoms. The summed E-state index contributed by atoms with van der Waals surface area (Å²) in [6.45, 7) is 0. The summed E-state index contributed by atoms with van der Waals surface area (Å²) in [7, 11) is 0. The predicted octanol–water partition coefficient (Wildman–Crippen LogP) is 35.9.